The van der Waals surface area contributed by atoms with Crippen molar-refractivity contribution in [1.29, 1.82) is 0 Å². The van der Waals surface area contributed by atoms with Gasteiger partial charge in [-0.25, -0.2) is 9.37 Å². The van der Waals surface area contributed by atoms with Crippen LogP contribution in [0.5, 0.6) is 0 Å². The zero-order chi connectivity index (χ0) is 20.8. The number of aliphatic imine (C=N–C) groups is 1. The molecule has 2 aliphatic heterocycles. The van der Waals surface area contributed by atoms with Gasteiger partial charge in [0.1, 0.15) is 11.6 Å². The largest absolute Gasteiger partial charge is 0.356 e. The van der Waals surface area contributed by atoms with Gasteiger partial charge in [0.05, 0.1) is 0 Å². The van der Waals surface area contributed by atoms with Gasteiger partial charge in [-0.05, 0) is 37.8 Å². The number of hydrogen-bond acceptors (Lipinski definition) is 5. The molecule has 0 saturated carbocycles. The smallest absolute Gasteiger partial charge is 0.191 e. The monoisotopic (exact) mass is 542 g/mol. The molecule has 4 heterocycles. The van der Waals surface area contributed by atoms with Gasteiger partial charge in [0.2, 0.25) is 0 Å². The Kier molecular flexibility index (Phi) is 8.85. The normalized spacial score (nSPS) is 18.8. The summed E-state index contributed by atoms with van der Waals surface area (Å²) < 4.78 is 16.3. The molecule has 2 N–H and O–H groups in total. The lowest BCUT2D eigenvalue weighted by Crippen LogP contribution is -2.45. The van der Waals surface area contributed by atoms with Crippen molar-refractivity contribution in [2.75, 3.05) is 31.6 Å². The summed E-state index contributed by atoms with van der Waals surface area (Å²) in [6, 6.07) is 3.29. The third-order valence-electron chi connectivity index (χ3n) is 5.85. The quantitative estimate of drug-likeness (QED) is 0.253. The highest BCUT2D eigenvalue weighted by atomic mass is 127. The number of nitrogens with one attached hydrogen (secondary N) is 2. The van der Waals surface area contributed by atoms with E-state index < -0.39 is 0 Å². The van der Waals surface area contributed by atoms with Crippen LogP contribution in [-0.2, 0) is 19.4 Å². The topological polar surface area (TPSA) is 83.3 Å². The summed E-state index contributed by atoms with van der Waals surface area (Å²) in [4.78, 5) is 10.5. The van der Waals surface area contributed by atoms with E-state index in [2.05, 4.69) is 35.4 Å². The Labute approximate surface area is 200 Å². The van der Waals surface area contributed by atoms with E-state index in [0.717, 1.165) is 62.9 Å². The maximum atomic E-state index is 14.0. The molecular formula is C21H32FIN8. The van der Waals surface area contributed by atoms with Crippen molar-refractivity contribution in [2.24, 2.45) is 4.99 Å². The third kappa shape index (κ3) is 6.05. The van der Waals surface area contributed by atoms with Gasteiger partial charge >= 0.3 is 0 Å². The molecule has 0 spiro atoms. The van der Waals surface area contributed by atoms with Crippen molar-refractivity contribution in [3.05, 3.63) is 35.8 Å². The summed E-state index contributed by atoms with van der Waals surface area (Å²) in [5, 5.41) is 15.6. The Bertz CT molecular complexity index is 871. The Morgan fingerprint density at radius 1 is 1.26 bits per heavy atom. The van der Waals surface area contributed by atoms with Crippen molar-refractivity contribution in [3.8, 4) is 0 Å². The fourth-order valence-corrected chi connectivity index (χ4v) is 4.25. The van der Waals surface area contributed by atoms with E-state index in [1.807, 2.05) is 4.90 Å². The van der Waals surface area contributed by atoms with Crippen molar-refractivity contribution < 1.29 is 4.39 Å². The average molecular weight is 542 g/mol. The molecule has 10 heteroatoms. The van der Waals surface area contributed by atoms with Crippen LogP contribution in [-0.4, -0.2) is 58.4 Å². The summed E-state index contributed by atoms with van der Waals surface area (Å²) in [6.45, 7) is 3.34. The van der Waals surface area contributed by atoms with Crippen LogP contribution in [0.1, 0.15) is 43.8 Å². The maximum absolute atomic E-state index is 14.0. The zero-order valence-electron chi connectivity index (χ0n) is 18.1. The van der Waals surface area contributed by atoms with Crippen molar-refractivity contribution in [1.82, 2.24) is 30.4 Å². The standard InChI is InChI=1S/C21H31FN8.HI/c1-23-21(26-16-10-14-29(15-16)20-17(22)7-5-11-24-20)25-12-6-9-19-28-27-18-8-3-2-4-13-30(18)19;/h5,7,11,16H,2-4,6,8-10,12-15H2,1H3,(H2,23,25,26);1H. The lowest BCUT2D eigenvalue weighted by Gasteiger charge is -2.20. The molecule has 0 radical (unpaired) electrons. The van der Waals surface area contributed by atoms with Crippen molar-refractivity contribution in [3.63, 3.8) is 0 Å². The molecule has 1 unspecified atom stereocenters. The number of halogens is 2. The number of pyridine rings is 1. The first kappa shape index (κ1) is 23.7. The lowest BCUT2D eigenvalue weighted by atomic mass is 10.2. The average Bonchev–Trinajstić information content (AvgIpc) is 3.30. The number of guanidine groups is 1. The first-order valence-electron chi connectivity index (χ1n) is 11.0. The van der Waals surface area contributed by atoms with Crippen molar-refractivity contribution >= 4 is 35.8 Å². The number of aromatic nitrogens is 4. The second-order valence-electron chi connectivity index (χ2n) is 7.98. The zero-order valence-corrected chi connectivity index (χ0v) is 20.4. The summed E-state index contributed by atoms with van der Waals surface area (Å²) in [7, 11) is 1.78. The van der Waals surface area contributed by atoms with Gasteiger partial charge in [0, 0.05) is 58.3 Å². The molecule has 1 atom stereocenters. The predicted octanol–water partition coefficient (Wildman–Crippen LogP) is 2.53. The van der Waals surface area contributed by atoms with Crippen LogP contribution in [0.25, 0.3) is 0 Å². The summed E-state index contributed by atoms with van der Waals surface area (Å²) in [5.41, 5.74) is 0. The fraction of sp³-hybridized carbons (Fsp3) is 0.619. The van der Waals surface area contributed by atoms with E-state index in [1.165, 1.54) is 25.3 Å². The van der Waals surface area contributed by atoms with Crippen LogP contribution in [0, 0.1) is 5.82 Å². The van der Waals surface area contributed by atoms with Gasteiger partial charge in [-0.2, -0.15) is 0 Å². The molecule has 2 aromatic rings. The molecule has 170 valence electrons. The van der Waals surface area contributed by atoms with Crippen LogP contribution in [0.4, 0.5) is 10.2 Å². The van der Waals surface area contributed by atoms with Gasteiger partial charge in [0.15, 0.2) is 17.6 Å². The molecule has 1 fully saturated rings. The van der Waals surface area contributed by atoms with Gasteiger partial charge in [-0.3, -0.25) is 4.99 Å². The SMILES string of the molecule is CN=C(NCCCc1nnc2n1CCCCC2)NC1CCN(c2ncccc2F)C1.I. The van der Waals surface area contributed by atoms with Crippen LogP contribution < -0.4 is 15.5 Å². The molecule has 0 aliphatic carbocycles. The number of hydrogen-bond donors (Lipinski definition) is 2. The Hall–Kier alpha value is -1.98. The van der Waals surface area contributed by atoms with Gasteiger partial charge in [0.25, 0.3) is 0 Å². The second-order valence-corrected chi connectivity index (χ2v) is 7.98. The van der Waals surface area contributed by atoms with Gasteiger partial charge < -0.3 is 20.1 Å². The molecule has 2 aromatic heterocycles. The van der Waals surface area contributed by atoms with Crippen LogP contribution >= 0.6 is 24.0 Å². The number of rotatable bonds is 6. The minimum atomic E-state index is -0.271. The summed E-state index contributed by atoms with van der Waals surface area (Å²) >= 11 is 0. The molecule has 0 amide bonds. The molecule has 1 saturated heterocycles. The Morgan fingerprint density at radius 2 is 2.16 bits per heavy atom. The van der Waals surface area contributed by atoms with E-state index in [1.54, 1.807) is 19.3 Å². The van der Waals surface area contributed by atoms with E-state index in [4.69, 9.17) is 0 Å². The number of anilines is 1. The Morgan fingerprint density at radius 3 is 3.00 bits per heavy atom. The van der Waals surface area contributed by atoms with Crippen molar-refractivity contribution in [2.45, 2.75) is 57.5 Å². The first-order chi connectivity index (χ1) is 14.7. The second kappa shape index (κ2) is 11.6. The molecule has 8 nitrogen and oxygen atoms in total. The molecule has 31 heavy (non-hydrogen) atoms. The van der Waals surface area contributed by atoms with Gasteiger partial charge in [-0.15, -0.1) is 34.2 Å². The highest BCUT2D eigenvalue weighted by molar-refractivity contribution is 14.0. The minimum Gasteiger partial charge on any atom is -0.356 e. The van der Waals surface area contributed by atoms with E-state index in [-0.39, 0.29) is 35.8 Å². The third-order valence-corrected chi connectivity index (χ3v) is 5.85. The molecule has 4 rings (SSSR count). The molecule has 0 aromatic carbocycles. The van der Waals surface area contributed by atoms with Crippen LogP contribution in [0.15, 0.2) is 23.3 Å². The maximum Gasteiger partial charge on any atom is 0.191 e. The van der Waals surface area contributed by atoms with E-state index in [9.17, 15) is 4.39 Å². The lowest BCUT2D eigenvalue weighted by molar-refractivity contribution is 0.591. The highest BCUT2D eigenvalue weighted by Crippen LogP contribution is 2.20. The number of fused-ring (bicyclic) bond motifs is 1. The number of nitrogens with zero attached hydrogens (tertiary/aromatic N) is 6. The molecular weight excluding hydrogens is 510 g/mol. The van der Waals surface area contributed by atoms with E-state index >= 15 is 0 Å². The molecule has 2 aliphatic rings. The van der Waals surface area contributed by atoms with Gasteiger partial charge in [-0.1, -0.05) is 6.42 Å². The summed E-state index contributed by atoms with van der Waals surface area (Å²) in [5.74, 6) is 3.18. The highest BCUT2D eigenvalue weighted by Gasteiger charge is 2.25. The fourth-order valence-electron chi connectivity index (χ4n) is 4.25. The van der Waals surface area contributed by atoms with E-state index in [0.29, 0.717) is 12.4 Å². The first-order valence-corrected chi connectivity index (χ1v) is 11.0. The Balaban J connectivity index is 0.00000272. The number of aryl methyl sites for hydroxylation is 2. The minimum absolute atomic E-state index is 0. The van der Waals surface area contributed by atoms with Crippen LogP contribution in [0.3, 0.4) is 0 Å². The summed E-state index contributed by atoms with van der Waals surface area (Å²) in [6.07, 6.45) is 9.18. The van der Waals surface area contributed by atoms with Crippen LogP contribution in [0.2, 0.25) is 0 Å². The predicted molar refractivity (Wildman–Crippen MR) is 131 cm³/mol. The molecule has 0 bridgehead atoms.